The molecule has 0 bridgehead atoms. The maximum Gasteiger partial charge on any atom is 0.247 e. The molecule has 2 aromatic rings. The van der Waals surface area contributed by atoms with Crippen molar-refractivity contribution in [2.24, 2.45) is 0 Å². The zero-order valence-corrected chi connectivity index (χ0v) is 14.3. The van der Waals surface area contributed by atoms with Crippen LogP contribution in [0.5, 0.6) is 11.5 Å². The molecule has 0 aliphatic heterocycles. The standard InChI is InChI=1S/C18H24O2Si/c1-15(2)21(3,4)20-18-12-10-17(11-13-18)19-14-16-8-6-5-7-9-16/h5-13,15H,14H2,1-4H3. The molecule has 0 N–H and O–H groups in total. The third kappa shape index (κ3) is 4.64. The number of ether oxygens (including phenoxy) is 1. The van der Waals surface area contributed by atoms with Crippen molar-refractivity contribution in [1.82, 2.24) is 0 Å². The zero-order chi connectivity index (χ0) is 15.3. The molecule has 0 spiro atoms. The molecule has 0 amide bonds. The fraction of sp³-hybridized carbons (Fsp3) is 0.333. The molecule has 0 saturated carbocycles. The van der Waals surface area contributed by atoms with E-state index >= 15 is 0 Å². The lowest BCUT2D eigenvalue weighted by Crippen LogP contribution is -2.37. The molecule has 2 nitrogen and oxygen atoms in total. The van der Waals surface area contributed by atoms with Crippen LogP contribution in [0.1, 0.15) is 19.4 Å². The highest BCUT2D eigenvalue weighted by molar-refractivity contribution is 6.73. The van der Waals surface area contributed by atoms with Crippen LogP contribution in [0, 0.1) is 0 Å². The topological polar surface area (TPSA) is 18.5 Å². The van der Waals surface area contributed by atoms with Gasteiger partial charge in [0.05, 0.1) is 0 Å². The first-order valence-electron chi connectivity index (χ1n) is 7.43. The van der Waals surface area contributed by atoms with E-state index in [1.165, 1.54) is 5.56 Å². The maximum absolute atomic E-state index is 6.16. The summed E-state index contributed by atoms with van der Waals surface area (Å²) in [7, 11) is -1.65. The van der Waals surface area contributed by atoms with Crippen LogP contribution in [0.4, 0.5) is 0 Å². The van der Waals surface area contributed by atoms with Gasteiger partial charge in [-0.25, -0.2) is 0 Å². The van der Waals surface area contributed by atoms with Gasteiger partial charge in [-0.05, 0) is 48.5 Å². The Kier molecular flexibility index (Phi) is 5.07. The molecule has 21 heavy (non-hydrogen) atoms. The Balaban J connectivity index is 1.93. The molecule has 0 aliphatic carbocycles. The second-order valence-electron chi connectivity index (χ2n) is 6.11. The lowest BCUT2D eigenvalue weighted by atomic mass is 10.2. The van der Waals surface area contributed by atoms with Gasteiger partial charge in [0.15, 0.2) is 0 Å². The molecule has 0 aliphatic rings. The molecule has 0 fully saturated rings. The molecule has 0 radical (unpaired) electrons. The van der Waals surface area contributed by atoms with Gasteiger partial charge in [-0.2, -0.15) is 0 Å². The van der Waals surface area contributed by atoms with Crippen molar-refractivity contribution in [1.29, 1.82) is 0 Å². The van der Waals surface area contributed by atoms with Crippen molar-refractivity contribution in [2.75, 3.05) is 0 Å². The summed E-state index contributed by atoms with van der Waals surface area (Å²) in [5, 5.41) is 0. The van der Waals surface area contributed by atoms with E-state index in [1.807, 2.05) is 42.5 Å². The first-order valence-corrected chi connectivity index (χ1v) is 10.4. The van der Waals surface area contributed by atoms with E-state index in [9.17, 15) is 0 Å². The van der Waals surface area contributed by atoms with Gasteiger partial charge in [-0.15, -0.1) is 0 Å². The summed E-state index contributed by atoms with van der Waals surface area (Å²) < 4.78 is 11.9. The van der Waals surface area contributed by atoms with Gasteiger partial charge in [0, 0.05) is 0 Å². The van der Waals surface area contributed by atoms with E-state index < -0.39 is 8.32 Å². The third-order valence-electron chi connectivity index (χ3n) is 3.84. The SMILES string of the molecule is CC(C)[Si](C)(C)Oc1ccc(OCc2ccccc2)cc1. The Hall–Kier alpha value is -1.74. The Bertz CT molecular complexity index is 547. The van der Waals surface area contributed by atoms with Gasteiger partial charge in [0.2, 0.25) is 8.32 Å². The molecule has 0 saturated heterocycles. The van der Waals surface area contributed by atoms with Crippen LogP contribution in [0.2, 0.25) is 18.6 Å². The molecule has 3 heteroatoms. The summed E-state index contributed by atoms with van der Waals surface area (Å²) >= 11 is 0. The smallest absolute Gasteiger partial charge is 0.247 e. The quantitative estimate of drug-likeness (QED) is 0.677. The fourth-order valence-corrected chi connectivity index (χ4v) is 2.75. The average Bonchev–Trinajstić information content (AvgIpc) is 2.47. The first-order chi connectivity index (χ1) is 9.97. The van der Waals surface area contributed by atoms with Crippen LogP contribution in [0.3, 0.4) is 0 Å². The van der Waals surface area contributed by atoms with E-state index in [2.05, 4.69) is 39.1 Å². The minimum Gasteiger partial charge on any atom is -0.544 e. The highest BCUT2D eigenvalue weighted by Gasteiger charge is 2.28. The Morgan fingerprint density at radius 1 is 0.857 bits per heavy atom. The average molecular weight is 300 g/mol. The van der Waals surface area contributed by atoms with Crippen molar-refractivity contribution < 1.29 is 9.16 Å². The monoisotopic (exact) mass is 300 g/mol. The summed E-state index contributed by atoms with van der Waals surface area (Å²) in [4.78, 5) is 0. The number of hydrogen-bond acceptors (Lipinski definition) is 2. The first kappa shape index (κ1) is 15.6. The second kappa shape index (κ2) is 6.81. The van der Waals surface area contributed by atoms with Gasteiger partial charge in [-0.1, -0.05) is 44.2 Å². The predicted molar refractivity (Wildman–Crippen MR) is 90.4 cm³/mol. The van der Waals surface area contributed by atoms with Gasteiger partial charge in [0.25, 0.3) is 0 Å². The summed E-state index contributed by atoms with van der Waals surface area (Å²) in [5.41, 5.74) is 1.76. The van der Waals surface area contributed by atoms with Crippen molar-refractivity contribution in [3.8, 4) is 11.5 Å². The highest BCUT2D eigenvalue weighted by atomic mass is 28.4. The summed E-state index contributed by atoms with van der Waals surface area (Å²) in [6.07, 6.45) is 0. The number of benzene rings is 2. The summed E-state index contributed by atoms with van der Waals surface area (Å²) in [6.45, 7) is 9.54. The third-order valence-corrected chi connectivity index (χ3v) is 7.39. The van der Waals surface area contributed by atoms with Crippen LogP contribution in [0.25, 0.3) is 0 Å². The normalized spacial score (nSPS) is 11.5. The van der Waals surface area contributed by atoms with Gasteiger partial charge < -0.3 is 9.16 Å². The Morgan fingerprint density at radius 2 is 1.43 bits per heavy atom. The van der Waals surface area contributed by atoms with Gasteiger partial charge >= 0.3 is 0 Å². The van der Waals surface area contributed by atoms with Crippen molar-refractivity contribution in [2.45, 2.75) is 39.1 Å². The van der Waals surface area contributed by atoms with Gasteiger partial charge in [0.1, 0.15) is 18.1 Å². The molecule has 0 unspecified atom stereocenters. The van der Waals surface area contributed by atoms with E-state index in [4.69, 9.17) is 9.16 Å². The number of rotatable bonds is 6. The second-order valence-corrected chi connectivity index (χ2v) is 10.7. The molecule has 0 aromatic heterocycles. The Labute approximate surface area is 128 Å². The lowest BCUT2D eigenvalue weighted by molar-refractivity contribution is 0.306. The minimum atomic E-state index is -1.65. The van der Waals surface area contributed by atoms with E-state index in [0.29, 0.717) is 12.1 Å². The van der Waals surface area contributed by atoms with Crippen LogP contribution < -0.4 is 9.16 Å². The number of hydrogen-bond donors (Lipinski definition) is 0. The van der Waals surface area contributed by atoms with E-state index in [-0.39, 0.29) is 0 Å². The van der Waals surface area contributed by atoms with Crippen molar-refractivity contribution in [3.05, 3.63) is 60.2 Å². The molecule has 112 valence electrons. The lowest BCUT2D eigenvalue weighted by Gasteiger charge is -2.27. The van der Waals surface area contributed by atoms with E-state index in [0.717, 1.165) is 11.5 Å². The molecule has 2 rings (SSSR count). The van der Waals surface area contributed by atoms with Crippen molar-refractivity contribution >= 4 is 8.32 Å². The zero-order valence-electron chi connectivity index (χ0n) is 13.3. The highest BCUT2D eigenvalue weighted by Crippen LogP contribution is 2.26. The molecule has 2 aromatic carbocycles. The maximum atomic E-state index is 6.16. The molecular weight excluding hydrogens is 276 g/mol. The van der Waals surface area contributed by atoms with Crippen LogP contribution >= 0.6 is 0 Å². The molecular formula is C18H24O2Si. The van der Waals surface area contributed by atoms with Crippen molar-refractivity contribution in [3.63, 3.8) is 0 Å². The summed E-state index contributed by atoms with van der Waals surface area (Å²) in [6, 6.07) is 18.1. The van der Waals surface area contributed by atoms with Crippen LogP contribution in [-0.2, 0) is 6.61 Å². The minimum absolute atomic E-state index is 0.589. The largest absolute Gasteiger partial charge is 0.544 e. The van der Waals surface area contributed by atoms with E-state index in [1.54, 1.807) is 0 Å². The van der Waals surface area contributed by atoms with Gasteiger partial charge in [-0.3, -0.25) is 0 Å². The van der Waals surface area contributed by atoms with Crippen LogP contribution in [0.15, 0.2) is 54.6 Å². The molecule has 0 heterocycles. The summed E-state index contributed by atoms with van der Waals surface area (Å²) in [5.74, 6) is 1.81. The molecule has 0 atom stereocenters. The Morgan fingerprint density at radius 3 is 2.00 bits per heavy atom. The fourth-order valence-electron chi connectivity index (χ4n) is 1.77. The van der Waals surface area contributed by atoms with Crippen LogP contribution in [-0.4, -0.2) is 8.32 Å². The predicted octanol–water partition coefficient (Wildman–Crippen LogP) is 5.26.